The van der Waals surface area contributed by atoms with Crippen molar-refractivity contribution in [2.75, 3.05) is 0 Å². The van der Waals surface area contributed by atoms with Crippen LogP contribution in [-0.2, 0) is 17.9 Å². The van der Waals surface area contributed by atoms with E-state index in [0.717, 1.165) is 61.2 Å². The molecular weight excluding hydrogens is 601 g/mol. The Kier molecular flexibility index (Phi) is 7.95. The van der Waals surface area contributed by atoms with E-state index >= 15 is 0 Å². The van der Waals surface area contributed by atoms with Gasteiger partial charge < -0.3 is 9.67 Å². The first kappa shape index (κ1) is 32.0. The first-order chi connectivity index (χ1) is 23.4. The van der Waals surface area contributed by atoms with Crippen LogP contribution in [0.4, 0.5) is 0 Å². The fraction of sp³-hybridized carbons (Fsp3) is 0.205. The highest BCUT2D eigenvalue weighted by atomic mass is 16.3. The van der Waals surface area contributed by atoms with Gasteiger partial charge >= 0.3 is 0 Å². The molecule has 0 atom stereocenters. The van der Waals surface area contributed by atoms with E-state index in [2.05, 4.69) is 144 Å². The molecule has 5 nitrogen and oxygen atoms in total. The number of aryl methyl sites for hydroxylation is 1. The summed E-state index contributed by atoms with van der Waals surface area (Å²) >= 11 is 0. The van der Waals surface area contributed by atoms with Crippen molar-refractivity contribution in [1.29, 1.82) is 0 Å². The van der Waals surface area contributed by atoms with Crippen LogP contribution in [0.5, 0.6) is 5.75 Å². The second-order valence-corrected chi connectivity index (χ2v) is 14.9. The van der Waals surface area contributed by atoms with E-state index in [0.29, 0.717) is 5.82 Å². The zero-order chi connectivity index (χ0) is 34.5. The predicted molar refractivity (Wildman–Crippen MR) is 203 cm³/mol. The van der Waals surface area contributed by atoms with E-state index in [1.165, 1.54) is 11.1 Å². The summed E-state index contributed by atoms with van der Waals surface area (Å²) in [5.41, 5.74) is 12.7. The molecule has 0 spiro atoms. The number of nitrogens with zero attached hydrogens (tertiary/aromatic N) is 4. The Balaban J connectivity index is 1.28. The van der Waals surface area contributed by atoms with Crippen molar-refractivity contribution in [1.82, 2.24) is 19.5 Å². The number of aromatic hydroxyl groups is 1. The van der Waals surface area contributed by atoms with E-state index in [1.807, 2.05) is 36.3 Å². The SMILES string of the molecule is Cn1c(-c2cc(C(C)(C)C)cc(C(C)(C)C)c2O)nc2c(-c3cccc(-c4cc(-c5ccc(-c6ccccc6)cc5)ccn4)c3)cncc21. The third-order valence-corrected chi connectivity index (χ3v) is 9.37. The molecule has 3 aromatic heterocycles. The molecule has 0 amide bonds. The van der Waals surface area contributed by atoms with Crippen LogP contribution < -0.4 is 0 Å². The standard InChI is InChI=1S/C44H42N4O/c1-43(2,3)34-24-35(41(49)37(25-34)44(4,5)6)42-47-40-36(26-45-27-39(40)48(42)7)32-14-11-15-33(22-32)38-23-31(20-21-46-38)30-18-16-29(17-19-30)28-12-9-8-10-13-28/h8-27,49H,1-7H3. The number of phenolic OH excluding ortho intramolecular Hbond substituents is 1. The van der Waals surface area contributed by atoms with E-state index in [1.54, 1.807) is 0 Å². The van der Waals surface area contributed by atoms with E-state index in [9.17, 15) is 5.11 Å². The van der Waals surface area contributed by atoms with Gasteiger partial charge in [0.05, 0.1) is 23.0 Å². The lowest BCUT2D eigenvalue weighted by atomic mass is 9.79. The van der Waals surface area contributed by atoms with Gasteiger partial charge in [0.25, 0.3) is 0 Å². The highest BCUT2D eigenvalue weighted by Gasteiger charge is 2.27. The molecular formula is C44H42N4O. The van der Waals surface area contributed by atoms with Crippen molar-refractivity contribution in [2.45, 2.75) is 52.4 Å². The van der Waals surface area contributed by atoms with Gasteiger partial charge in [0.15, 0.2) is 0 Å². The summed E-state index contributed by atoms with van der Waals surface area (Å²) in [6.45, 7) is 13.0. The molecule has 4 aromatic carbocycles. The number of rotatable bonds is 5. The van der Waals surface area contributed by atoms with Crippen LogP contribution in [0, 0.1) is 0 Å². The lowest BCUT2D eigenvalue weighted by Gasteiger charge is -2.27. The Morgan fingerprint density at radius 3 is 1.94 bits per heavy atom. The summed E-state index contributed by atoms with van der Waals surface area (Å²) < 4.78 is 2.04. The van der Waals surface area contributed by atoms with Gasteiger partial charge in [-0.25, -0.2) is 4.98 Å². The third kappa shape index (κ3) is 6.13. The molecule has 0 saturated carbocycles. The maximum absolute atomic E-state index is 11.7. The van der Waals surface area contributed by atoms with E-state index in [-0.39, 0.29) is 16.6 Å². The van der Waals surface area contributed by atoms with Gasteiger partial charge in [-0.3, -0.25) is 9.97 Å². The van der Waals surface area contributed by atoms with Gasteiger partial charge in [-0.2, -0.15) is 0 Å². The number of aromatic nitrogens is 4. The van der Waals surface area contributed by atoms with Gasteiger partial charge in [0, 0.05) is 36.1 Å². The van der Waals surface area contributed by atoms with Gasteiger partial charge in [-0.05, 0) is 68.5 Å². The quantitative estimate of drug-likeness (QED) is 0.203. The third-order valence-electron chi connectivity index (χ3n) is 9.37. The largest absolute Gasteiger partial charge is 0.507 e. The smallest absolute Gasteiger partial charge is 0.144 e. The molecule has 49 heavy (non-hydrogen) atoms. The average molecular weight is 643 g/mol. The van der Waals surface area contributed by atoms with Crippen LogP contribution in [0.25, 0.3) is 67.1 Å². The van der Waals surface area contributed by atoms with Crippen molar-refractivity contribution in [3.05, 3.63) is 133 Å². The first-order valence-corrected chi connectivity index (χ1v) is 16.8. The molecule has 1 N–H and O–H groups in total. The minimum Gasteiger partial charge on any atom is -0.507 e. The second kappa shape index (κ2) is 12.2. The highest BCUT2D eigenvalue weighted by Crippen LogP contribution is 2.43. The van der Waals surface area contributed by atoms with Gasteiger partial charge in [0.2, 0.25) is 0 Å². The molecule has 0 aliphatic rings. The number of phenols is 1. The average Bonchev–Trinajstić information content (AvgIpc) is 3.44. The Morgan fingerprint density at radius 2 is 1.24 bits per heavy atom. The molecule has 0 aliphatic carbocycles. The maximum Gasteiger partial charge on any atom is 0.144 e. The summed E-state index contributed by atoms with van der Waals surface area (Å²) in [7, 11) is 1.99. The highest BCUT2D eigenvalue weighted by molar-refractivity contribution is 5.94. The second-order valence-electron chi connectivity index (χ2n) is 14.9. The van der Waals surface area contributed by atoms with Crippen LogP contribution in [0.2, 0.25) is 0 Å². The van der Waals surface area contributed by atoms with Crippen LogP contribution in [0.1, 0.15) is 52.7 Å². The molecule has 0 radical (unpaired) electrons. The van der Waals surface area contributed by atoms with Crippen molar-refractivity contribution in [3.8, 4) is 61.8 Å². The summed E-state index contributed by atoms with van der Waals surface area (Å²) in [4.78, 5) is 14.6. The number of hydrogen-bond donors (Lipinski definition) is 1. The molecule has 0 bridgehead atoms. The lowest BCUT2D eigenvalue weighted by molar-refractivity contribution is 0.446. The molecule has 0 aliphatic heterocycles. The zero-order valence-corrected chi connectivity index (χ0v) is 29.3. The molecule has 0 saturated heterocycles. The summed E-state index contributed by atoms with van der Waals surface area (Å²) in [5, 5.41) is 11.7. The van der Waals surface area contributed by atoms with Crippen LogP contribution in [0.15, 0.2) is 122 Å². The fourth-order valence-electron chi connectivity index (χ4n) is 6.46. The first-order valence-electron chi connectivity index (χ1n) is 16.8. The Labute approximate surface area is 289 Å². The minimum absolute atomic E-state index is 0.100. The van der Waals surface area contributed by atoms with Gasteiger partial charge in [-0.15, -0.1) is 0 Å². The maximum atomic E-state index is 11.7. The van der Waals surface area contributed by atoms with E-state index < -0.39 is 0 Å². The monoisotopic (exact) mass is 642 g/mol. The number of pyridine rings is 2. The molecule has 244 valence electrons. The van der Waals surface area contributed by atoms with Crippen LogP contribution >= 0.6 is 0 Å². The van der Waals surface area contributed by atoms with Crippen molar-refractivity contribution in [3.63, 3.8) is 0 Å². The Morgan fingerprint density at radius 1 is 0.592 bits per heavy atom. The topological polar surface area (TPSA) is 63.8 Å². The molecule has 0 unspecified atom stereocenters. The molecule has 7 rings (SSSR count). The zero-order valence-electron chi connectivity index (χ0n) is 29.3. The lowest BCUT2D eigenvalue weighted by Crippen LogP contribution is -2.17. The molecule has 0 fully saturated rings. The summed E-state index contributed by atoms with van der Waals surface area (Å²) in [6.07, 6.45) is 5.60. The van der Waals surface area contributed by atoms with Gasteiger partial charge in [-0.1, -0.05) is 120 Å². The normalized spacial score (nSPS) is 12.1. The van der Waals surface area contributed by atoms with Crippen LogP contribution in [0.3, 0.4) is 0 Å². The molecule has 7 aromatic rings. The number of imidazole rings is 1. The number of benzene rings is 4. The number of hydrogen-bond acceptors (Lipinski definition) is 4. The van der Waals surface area contributed by atoms with Crippen LogP contribution in [-0.4, -0.2) is 24.6 Å². The van der Waals surface area contributed by atoms with Crippen molar-refractivity contribution >= 4 is 11.0 Å². The Hall–Kier alpha value is -5.55. The van der Waals surface area contributed by atoms with E-state index in [4.69, 9.17) is 9.97 Å². The fourth-order valence-corrected chi connectivity index (χ4v) is 6.46. The van der Waals surface area contributed by atoms with Crippen molar-refractivity contribution in [2.24, 2.45) is 7.05 Å². The molecule has 3 heterocycles. The summed E-state index contributed by atoms with van der Waals surface area (Å²) in [5.74, 6) is 0.984. The van der Waals surface area contributed by atoms with Gasteiger partial charge in [0.1, 0.15) is 17.1 Å². The predicted octanol–water partition coefficient (Wildman–Crippen LogP) is 11.0. The minimum atomic E-state index is -0.241. The molecule has 5 heteroatoms. The Bertz CT molecular complexity index is 2300. The van der Waals surface area contributed by atoms with Crippen molar-refractivity contribution < 1.29 is 5.11 Å². The summed E-state index contributed by atoms with van der Waals surface area (Å²) in [6, 6.07) is 35.9. The number of fused-ring (bicyclic) bond motifs is 1.